The smallest absolute Gasteiger partial charge is 0.399 e. The van der Waals surface area contributed by atoms with Crippen LogP contribution in [0.4, 0.5) is 0 Å². The predicted molar refractivity (Wildman–Crippen MR) is 87.3 cm³/mol. The molecule has 4 nitrogen and oxygen atoms in total. The largest absolute Gasteiger partial charge is 0.495 e. The lowest BCUT2D eigenvalue weighted by Crippen LogP contribution is -2.41. The van der Waals surface area contributed by atoms with Crippen LogP contribution in [0.3, 0.4) is 0 Å². The second kappa shape index (κ2) is 5.74. The van der Waals surface area contributed by atoms with Gasteiger partial charge in [0.15, 0.2) is 0 Å². The number of thiophene rings is 1. The zero-order valence-corrected chi connectivity index (χ0v) is 14.5. The Morgan fingerprint density at radius 3 is 2.19 bits per heavy atom. The molecule has 1 aliphatic heterocycles. The molecule has 1 aromatic heterocycles. The van der Waals surface area contributed by atoms with Crippen molar-refractivity contribution in [2.75, 3.05) is 13.1 Å². The Labute approximate surface area is 131 Å². The van der Waals surface area contributed by atoms with Crippen LogP contribution in [0.25, 0.3) is 0 Å². The molecular weight excluding hydrogens is 285 g/mol. The first-order valence-corrected chi connectivity index (χ1v) is 8.33. The van der Waals surface area contributed by atoms with E-state index in [1.54, 1.807) is 0 Å². The van der Waals surface area contributed by atoms with Crippen molar-refractivity contribution >= 4 is 29.8 Å². The van der Waals surface area contributed by atoms with Gasteiger partial charge in [-0.1, -0.05) is 0 Å². The lowest BCUT2D eigenvalue weighted by molar-refractivity contribution is 0.00578. The standard InChI is InChI=1S/C15H24BNO3S/c1-7-17(8-2)13(18)12-9-11(10-21-12)16-19-14(3,4)15(5,6)20-16/h9-10H,7-8H2,1-6H3. The summed E-state index contributed by atoms with van der Waals surface area (Å²) in [5.41, 5.74) is 0.208. The van der Waals surface area contributed by atoms with Crippen LogP contribution in [-0.2, 0) is 9.31 Å². The van der Waals surface area contributed by atoms with Gasteiger partial charge in [-0.3, -0.25) is 4.79 Å². The van der Waals surface area contributed by atoms with Crippen molar-refractivity contribution in [3.63, 3.8) is 0 Å². The summed E-state index contributed by atoms with van der Waals surface area (Å²) < 4.78 is 12.0. The summed E-state index contributed by atoms with van der Waals surface area (Å²) in [5, 5.41) is 1.96. The molecule has 1 aromatic rings. The van der Waals surface area contributed by atoms with E-state index in [1.165, 1.54) is 11.3 Å². The fraction of sp³-hybridized carbons (Fsp3) is 0.667. The molecule has 1 amide bonds. The second-order valence-corrected chi connectivity index (χ2v) is 7.22. The minimum Gasteiger partial charge on any atom is -0.399 e. The Balaban J connectivity index is 2.17. The van der Waals surface area contributed by atoms with E-state index in [0.29, 0.717) is 0 Å². The highest BCUT2D eigenvalue weighted by molar-refractivity contribution is 7.13. The van der Waals surface area contributed by atoms with Crippen molar-refractivity contribution in [2.45, 2.75) is 52.7 Å². The third-order valence-electron chi connectivity index (χ3n) is 4.41. The molecule has 0 spiro atoms. The summed E-state index contributed by atoms with van der Waals surface area (Å²) >= 11 is 1.45. The van der Waals surface area contributed by atoms with Crippen LogP contribution < -0.4 is 5.46 Å². The highest BCUT2D eigenvalue weighted by Gasteiger charge is 2.52. The number of carbonyl (C=O) groups excluding carboxylic acids is 1. The van der Waals surface area contributed by atoms with E-state index in [9.17, 15) is 4.79 Å². The Kier molecular flexibility index (Phi) is 4.52. The molecule has 0 saturated carbocycles. The number of hydrogen-bond acceptors (Lipinski definition) is 4. The number of amides is 1. The maximum atomic E-state index is 12.3. The summed E-state index contributed by atoms with van der Waals surface area (Å²) in [5.74, 6) is 0.0766. The quantitative estimate of drug-likeness (QED) is 0.802. The van der Waals surface area contributed by atoms with E-state index >= 15 is 0 Å². The third-order valence-corrected chi connectivity index (χ3v) is 5.34. The molecule has 0 bridgehead atoms. The summed E-state index contributed by atoms with van der Waals surface area (Å²) in [4.78, 5) is 14.9. The number of carbonyl (C=O) groups is 1. The predicted octanol–water partition coefficient (Wildman–Crippen LogP) is 2.53. The molecule has 116 valence electrons. The molecule has 0 N–H and O–H groups in total. The Morgan fingerprint density at radius 2 is 1.71 bits per heavy atom. The average molecular weight is 309 g/mol. The highest BCUT2D eigenvalue weighted by atomic mass is 32.1. The van der Waals surface area contributed by atoms with Gasteiger partial charge in [-0.15, -0.1) is 11.3 Å². The molecule has 21 heavy (non-hydrogen) atoms. The van der Waals surface area contributed by atoms with Crippen molar-refractivity contribution < 1.29 is 14.1 Å². The lowest BCUT2D eigenvalue weighted by atomic mass is 9.81. The van der Waals surface area contributed by atoms with Gasteiger partial charge in [0.25, 0.3) is 5.91 Å². The van der Waals surface area contributed by atoms with Gasteiger partial charge in [0.2, 0.25) is 0 Å². The zero-order chi connectivity index (χ0) is 15.8. The van der Waals surface area contributed by atoms with Crippen molar-refractivity contribution in [3.8, 4) is 0 Å². The first-order valence-electron chi connectivity index (χ1n) is 7.45. The number of hydrogen-bond donors (Lipinski definition) is 0. The molecular formula is C15H24BNO3S. The molecule has 1 aliphatic rings. The van der Waals surface area contributed by atoms with E-state index in [1.807, 2.05) is 57.9 Å². The van der Waals surface area contributed by atoms with Gasteiger partial charge in [0.05, 0.1) is 16.1 Å². The summed E-state index contributed by atoms with van der Waals surface area (Å²) in [6, 6.07) is 1.90. The molecule has 0 atom stereocenters. The molecule has 1 fully saturated rings. The third kappa shape index (κ3) is 3.03. The van der Waals surface area contributed by atoms with Crippen LogP contribution in [0.15, 0.2) is 11.4 Å². The molecule has 0 aromatic carbocycles. The van der Waals surface area contributed by atoms with Gasteiger partial charge < -0.3 is 14.2 Å². The summed E-state index contributed by atoms with van der Waals surface area (Å²) in [7, 11) is -0.399. The van der Waals surface area contributed by atoms with Gasteiger partial charge in [0.1, 0.15) is 0 Å². The first kappa shape index (κ1) is 16.5. The van der Waals surface area contributed by atoms with Gasteiger partial charge >= 0.3 is 7.12 Å². The number of nitrogens with zero attached hydrogens (tertiary/aromatic N) is 1. The summed E-state index contributed by atoms with van der Waals surface area (Å²) in [6.07, 6.45) is 0. The van der Waals surface area contributed by atoms with Crippen LogP contribution >= 0.6 is 11.3 Å². The van der Waals surface area contributed by atoms with E-state index in [4.69, 9.17) is 9.31 Å². The molecule has 2 rings (SSSR count). The Bertz CT molecular complexity index is 507. The minimum atomic E-state index is -0.399. The van der Waals surface area contributed by atoms with Crippen LogP contribution in [0.5, 0.6) is 0 Å². The molecule has 2 heterocycles. The van der Waals surface area contributed by atoms with Crippen molar-refractivity contribution in [1.82, 2.24) is 4.90 Å². The van der Waals surface area contributed by atoms with E-state index < -0.39 is 7.12 Å². The molecule has 0 unspecified atom stereocenters. The van der Waals surface area contributed by atoms with Crippen LogP contribution in [-0.4, -0.2) is 42.2 Å². The van der Waals surface area contributed by atoms with E-state index in [2.05, 4.69) is 0 Å². The maximum absolute atomic E-state index is 12.3. The lowest BCUT2D eigenvalue weighted by Gasteiger charge is -2.32. The van der Waals surface area contributed by atoms with E-state index in [-0.39, 0.29) is 17.1 Å². The maximum Gasteiger partial charge on any atom is 0.495 e. The van der Waals surface area contributed by atoms with Crippen LogP contribution in [0.2, 0.25) is 0 Å². The molecule has 0 radical (unpaired) electrons. The molecule has 6 heteroatoms. The Hall–Kier alpha value is -0.845. The topological polar surface area (TPSA) is 38.8 Å². The normalized spacial score (nSPS) is 19.8. The van der Waals surface area contributed by atoms with Gasteiger partial charge in [-0.05, 0) is 58.5 Å². The molecule has 0 aliphatic carbocycles. The highest BCUT2D eigenvalue weighted by Crippen LogP contribution is 2.36. The first-order chi connectivity index (χ1) is 9.71. The zero-order valence-electron chi connectivity index (χ0n) is 13.7. The molecule has 1 saturated heterocycles. The fourth-order valence-electron chi connectivity index (χ4n) is 2.23. The average Bonchev–Trinajstić information content (AvgIpc) is 2.94. The van der Waals surface area contributed by atoms with Gasteiger partial charge in [-0.2, -0.15) is 0 Å². The second-order valence-electron chi connectivity index (χ2n) is 6.31. The van der Waals surface area contributed by atoms with Crippen molar-refractivity contribution in [1.29, 1.82) is 0 Å². The monoisotopic (exact) mass is 309 g/mol. The number of rotatable bonds is 4. The minimum absolute atomic E-state index is 0.0766. The Morgan fingerprint density at radius 1 is 1.19 bits per heavy atom. The van der Waals surface area contributed by atoms with Crippen molar-refractivity contribution in [2.24, 2.45) is 0 Å². The fourth-order valence-corrected chi connectivity index (χ4v) is 3.11. The van der Waals surface area contributed by atoms with Gasteiger partial charge in [0, 0.05) is 13.1 Å². The van der Waals surface area contributed by atoms with Crippen molar-refractivity contribution in [3.05, 3.63) is 16.3 Å². The summed E-state index contributed by atoms with van der Waals surface area (Å²) in [6.45, 7) is 13.5. The van der Waals surface area contributed by atoms with Gasteiger partial charge in [-0.25, -0.2) is 0 Å². The van der Waals surface area contributed by atoms with Crippen LogP contribution in [0, 0.1) is 0 Å². The SMILES string of the molecule is CCN(CC)C(=O)c1cc(B2OC(C)(C)C(C)(C)O2)cs1. The van der Waals surface area contributed by atoms with E-state index in [0.717, 1.165) is 23.4 Å². The van der Waals surface area contributed by atoms with Crippen LogP contribution in [0.1, 0.15) is 51.2 Å².